The number of amides is 3. The molecule has 2 rings (SSSR count). The van der Waals surface area contributed by atoms with Gasteiger partial charge in [-0.2, -0.15) is 0 Å². The van der Waals surface area contributed by atoms with E-state index in [-0.39, 0.29) is 18.2 Å². The summed E-state index contributed by atoms with van der Waals surface area (Å²) in [7, 11) is 0. The fourth-order valence-corrected chi connectivity index (χ4v) is 3.15. The summed E-state index contributed by atoms with van der Waals surface area (Å²) in [5.41, 5.74) is 2.63. The van der Waals surface area contributed by atoms with Crippen molar-refractivity contribution in [2.45, 2.75) is 51.0 Å². The van der Waals surface area contributed by atoms with Crippen LogP contribution in [-0.2, 0) is 20.8 Å². The number of unbranched alkanes of at least 4 members (excludes halogenated alkanes) is 2. The van der Waals surface area contributed by atoms with Crippen LogP contribution in [0.3, 0.4) is 0 Å². The van der Waals surface area contributed by atoms with Crippen LogP contribution in [0, 0.1) is 0 Å². The Hall–Kier alpha value is -2.41. The molecule has 0 aliphatic carbocycles. The first-order chi connectivity index (χ1) is 12.6. The largest absolute Gasteiger partial charge is 0.354 e. The zero-order chi connectivity index (χ0) is 18.8. The molecule has 1 heterocycles. The van der Waals surface area contributed by atoms with Crippen molar-refractivity contribution in [1.29, 1.82) is 0 Å². The van der Waals surface area contributed by atoms with Gasteiger partial charge in [-0.15, -0.1) is 0 Å². The highest BCUT2D eigenvalue weighted by molar-refractivity contribution is 5.88. The maximum atomic E-state index is 12.7. The second-order valence-electron chi connectivity index (χ2n) is 6.53. The van der Waals surface area contributed by atoms with Gasteiger partial charge in [-0.3, -0.25) is 19.6 Å². The normalized spacial score (nSPS) is 15.0. The summed E-state index contributed by atoms with van der Waals surface area (Å²) in [6, 6.07) is 9.24. The van der Waals surface area contributed by atoms with E-state index in [1.165, 1.54) is 0 Å². The molecule has 1 aliphatic heterocycles. The van der Waals surface area contributed by atoms with Crippen molar-refractivity contribution in [1.82, 2.24) is 15.7 Å². The van der Waals surface area contributed by atoms with Crippen molar-refractivity contribution in [2.75, 3.05) is 13.1 Å². The number of likely N-dealkylation sites (tertiary alicyclic amines) is 1. The fourth-order valence-electron chi connectivity index (χ4n) is 3.15. The molecule has 1 saturated heterocycles. The minimum atomic E-state index is -0.479. The molecule has 0 bridgehead atoms. The molecule has 0 unspecified atom stereocenters. The molecule has 3 N–H and O–H groups in total. The van der Waals surface area contributed by atoms with E-state index in [1.54, 1.807) is 10.4 Å². The Bertz CT molecular complexity index is 606. The number of carbonyl (C=O) groups is 3. The molecule has 7 heteroatoms. The lowest BCUT2D eigenvalue weighted by Gasteiger charge is -2.27. The molecule has 0 saturated carbocycles. The predicted molar refractivity (Wildman–Crippen MR) is 96.3 cm³/mol. The molecular weight excluding hydrogens is 334 g/mol. The van der Waals surface area contributed by atoms with Crippen molar-refractivity contribution < 1.29 is 19.6 Å². The van der Waals surface area contributed by atoms with Crippen molar-refractivity contribution >= 4 is 17.7 Å². The third-order valence-corrected chi connectivity index (χ3v) is 4.57. The average Bonchev–Trinajstić information content (AvgIpc) is 3.08. The zero-order valence-corrected chi connectivity index (χ0v) is 14.9. The molecule has 1 fully saturated rings. The SMILES string of the molecule is O=C(CCCCCNC(=O)[C@H](Cc1ccccc1)N1CCCC1=O)NO. The fraction of sp³-hybridized carbons (Fsp3) is 0.526. The minimum absolute atomic E-state index is 0.0381. The zero-order valence-electron chi connectivity index (χ0n) is 14.9. The van der Waals surface area contributed by atoms with Crippen molar-refractivity contribution in [2.24, 2.45) is 0 Å². The van der Waals surface area contributed by atoms with Crippen LogP contribution in [0.1, 0.15) is 44.1 Å². The van der Waals surface area contributed by atoms with E-state index >= 15 is 0 Å². The monoisotopic (exact) mass is 361 g/mol. The third-order valence-electron chi connectivity index (χ3n) is 4.57. The van der Waals surface area contributed by atoms with E-state index in [0.717, 1.165) is 24.8 Å². The van der Waals surface area contributed by atoms with Crippen molar-refractivity contribution in [3.8, 4) is 0 Å². The van der Waals surface area contributed by atoms with Gasteiger partial charge < -0.3 is 10.2 Å². The van der Waals surface area contributed by atoms with Crippen LogP contribution in [0.5, 0.6) is 0 Å². The second-order valence-corrected chi connectivity index (χ2v) is 6.53. The van der Waals surface area contributed by atoms with Crippen molar-refractivity contribution in [3.63, 3.8) is 0 Å². The highest BCUT2D eigenvalue weighted by Crippen LogP contribution is 2.17. The summed E-state index contributed by atoms with van der Waals surface area (Å²) in [5, 5.41) is 11.3. The molecule has 1 aromatic carbocycles. The van der Waals surface area contributed by atoms with Crippen LogP contribution in [-0.4, -0.2) is 47.0 Å². The van der Waals surface area contributed by atoms with Gasteiger partial charge in [0.2, 0.25) is 17.7 Å². The summed E-state index contributed by atoms with van der Waals surface area (Å²) in [5.74, 6) is -0.488. The van der Waals surface area contributed by atoms with Crippen LogP contribution in [0.2, 0.25) is 0 Å². The van der Waals surface area contributed by atoms with Gasteiger partial charge in [-0.25, -0.2) is 5.48 Å². The summed E-state index contributed by atoms with van der Waals surface area (Å²) in [6.07, 6.45) is 4.25. The molecule has 0 radical (unpaired) electrons. The van der Waals surface area contributed by atoms with E-state index < -0.39 is 11.9 Å². The number of hydrogen-bond acceptors (Lipinski definition) is 4. The van der Waals surface area contributed by atoms with Gasteiger partial charge in [0, 0.05) is 32.4 Å². The van der Waals surface area contributed by atoms with E-state index in [2.05, 4.69) is 5.32 Å². The Labute approximate surface area is 153 Å². The quantitative estimate of drug-likeness (QED) is 0.333. The van der Waals surface area contributed by atoms with Crippen LogP contribution in [0.25, 0.3) is 0 Å². The van der Waals surface area contributed by atoms with E-state index in [1.807, 2.05) is 30.3 Å². The van der Waals surface area contributed by atoms with Gasteiger partial charge in [0.15, 0.2) is 0 Å². The summed E-state index contributed by atoms with van der Waals surface area (Å²) >= 11 is 0. The Morgan fingerprint density at radius 2 is 1.92 bits per heavy atom. The number of benzene rings is 1. The maximum absolute atomic E-state index is 12.7. The second kappa shape index (κ2) is 10.6. The van der Waals surface area contributed by atoms with Crippen LogP contribution < -0.4 is 10.8 Å². The van der Waals surface area contributed by atoms with Gasteiger partial charge in [0.05, 0.1) is 0 Å². The van der Waals surface area contributed by atoms with E-state index in [0.29, 0.717) is 32.4 Å². The van der Waals surface area contributed by atoms with Crippen LogP contribution >= 0.6 is 0 Å². The summed E-state index contributed by atoms with van der Waals surface area (Å²) in [4.78, 5) is 37.4. The van der Waals surface area contributed by atoms with Gasteiger partial charge in [0.1, 0.15) is 6.04 Å². The first kappa shape index (κ1) is 19.9. The molecule has 1 aromatic rings. The molecular formula is C19H27N3O4. The van der Waals surface area contributed by atoms with E-state index in [9.17, 15) is 14.4 Å². The van der Waals surface area contributed by atoms with Gasteiger partial charge in [-0.05, 0) is 24.8 Å². The molecule has 0 spiro atoms. The first-order valence-electron chi connectivity index (χ1n) is 9.16. The number of hydroxylamine groups is 1. The van der Waals surface area contributed by atoms with Crippen molar-refractivity contribution in [3.05, 3.63) is 35.9 Å². The Morgan fingerprint density at radius 1 is 1.15 bits per heavy atom. The van der Waals surface area contributed by atoms with Crippen LogP contribution in [0.15, 0.2) is 30.3 Å². The highest BCUT2D eigenvalue weighted by Gasteiger charge is 2.32. The van der Waals surface area contributed by atoms with Gasteiger partial charge >= 0.3 is 0 Å². The maximum Gasteiger partial charge on any atom is 0.243 e. The minimum Gasteiger partial charge on any atom is -0.354 e. The standard InChI is InChI=1S/C19H27N3O4/c23-17(21-26)10-5-2-6-12-20-19(25)16(22-13-7-11-18(22)24)14-15-8-3-1-4-9-15/h1,3-4,8-9,16,26H,2,5-7,10-14H2,(H,20,25)(H,21,23)/t16-/m0/s1. The Balaban J connectivity index is 1.83. The van der Waals surface area contributed by atoms with E-state index in [4.69, 9.17) is 5.21 Å². The lowest BCUT2D eigenvalue weighted by Crippen LogP contribution is -2.49. The molecule has 1 atom stereocenters. The predicted octanol–water partition coefficient (Wildman–Crippen LogP) is 1.40. The van der Waals surface area contributed by atoms with Gasteiger partial charge in [0.25, 0.3) is 0 Å². The number of nitrogens with one attached hydrogen (secondary N) is 2. The number of rotatable bonds is 10. The first-order valence-corrected chi connectivity index (χ1v) is 9.16. The summed E-state index contributed by atoms with van der Waals surface area (Å²) < 4.78 is 0. The number of carbonyl (C=O) groups excluding carboxylic acids is 3. The molecule has 26 heavy (non-hydrogen) atoms. The molecule has 3 amide bonds. The highest BCUT2D eigenvalue weighted by atomic mass is 16.5. The third kappa shape index (κ3) is 6.15. The Kier molecular flexibility index (Phi) is 8.08. The van der Waals surface area contributed by atoms with Gasteiger partial charge in [-0.1, -0.05) is 36.8 Å². The number of hydrogen-bond donors (Lipinski definition) is 3. The molecule has 0 aromatic heterocycles. The lowest BCUT2D eigenvalue weighted by molar-refractivity contribution is -0.137. The Morgan fingerprint density at radius 3 is 2.58 bits per heavy atom. The topological polar surface area (TPSA) is 98.7 Å². The molecule has 1 aliphatic rings. The number of nitrogens with zero attached hydrogens (tertiary/aromatic N) is 1. The smallest absolute Gasteiger partial charge is 0.243 e. The molecule has 142 valence electrons. The molecule has 7 nitrogen and oxygen atoms in total. The summed E-state index contributed by atoms with van der Waals surface area (Å²) in [6.45, 7) is 1.13. The average molecular weight is 361 g/mol. The lowest BCUT2D eigenvalue weighted by atomic mass is 10.0. The van der Waals surface area contributed by atoms with Crippen LogP contribution in [0.4, 0.5) is 0 Å².